The van der Waals surface area contributed by atoms with E-state index in [1.54, 1.807) is 19.1 Å². The monoisotopic (exact) mass is 375 g/mol. The maximum absolute atomic E-state index is 13.6. The van der Waals surface area contributed by atoms with Crippen molar-refractivity contribution in [3.8, 4) is 17.2 Å². The smallest absolute Gasteiger partial charge is 0.338 e. The first-order chi connectivity index (χ1) is 13.0. The molecule has 0 bridgehead atoms. The van der Waals surface area contributed by atoms with Gasteiger partial charge in [0.25, 0.3) is 5.91 Å². The maximum Gasteiger partial charge on any atom is 0.338 e. The van der Waals surface area contributed by atoms with Crippen molar-refractivity contribution in [1.29, 1.82) is 0 Å². The molecule has 1 atom stereocenters. The summed E-state index contributed by atoms with van der Waals surface area (Å²) in [6.07, 6.45) is 0. The largest absolute Gasteiger partial charge is 0.494 e. The topological polar surface area (TPSA) is 83.1 Å². The van der Waals surface area contributed by atoms with Crippen molar-refractivity contribution in [3.63, 3.8) is 0 Å². The zero-order chi connectivity index (χ0) is 19.4. The summed E-state index contributed by atoms with van der Waals surface area (Å²) in [6.45, 7) is 1.47. The molecule has 0 aliphatic carbocycles. The number of amides is 1. The van der Waals surface area contributed by atoms with Crippen LogP contribution in [0.3, 0.4) is 0 Å². The average molecular weight is 375 g/mol. The predicted molar refractivity (Wildman–Crippen MR) is 92.4 cm³/mol. The molecule has 1 amide bonds. The van der Waals surface area contributed by atoms with Gasteiger partial charge in [-0.2, -0.15) is 0 Å². The molecular formula is C19H18FNO6. The van der Waals surface area contributed by atoms with Crippen LogP contribution in [0.5, 0.6) is 17.2 Å². The maximum atomic E-state index is 13.6. The molecule has 1 aliphatic rings. The lowest BCUT2D eigenvalue weighted by Crippen LogP contribution is -2.31. The Morgan fingerprint density at radius 3 is 2.70 bits per heavy atom. The summed E-state index contributed by atoms with van der Waals surface area (Å²) in [6, 6.07) is 8.69. The Balaban J connectivity index is 1.53. The molecule has 0 fully saturated rings. The lowest BCUT2D eigenvalue weighted by molar-refractivity contribution is -0.124. The van der Waals surface area contributed by atoms with E-state index in [0.717, 1.165) is 11.6 Å². The number of esters is 1. The van der Waals surface area contributed by atoms with E-state index in [1.807, 2.05) is 6.07 Å². The second-order valence-corrected chi connectivity index (χ2v) is 5.83. The molecule has 0 saturated carbocycles. The fourth-order valence-electron chi connectivity index (χ4n) is 2.56. The highest BCUT2D eigenvalue weighted by Gasteiger charge is 2.18. The molecule has 2 aromatic rings. The number of hydrogen-bond donors (Lipinski definition) is 1. The molecular weight excluding hydrogens is 357 g/mol. The Morgan fingerprint density at radius 1 is 1.19 bits per heavy atom. The van der Waals surface area contributed by atoms with Gasteiger partial charge in [0.2, 0.25) is 6.79 Å². The summed E-state index contributed by atoms with van der Waals surface area (Å²) in [4.78, 5) is 24.0. The van der Waals surface area contributed by atoms with E-state index >= 15 is 0 Å². The molecule has 0 aromatic heterocycles. The lowest BCUT2D eigenvalue weighted by Gasteiger charge is -2.15. The highest BCUT2D eigenvalue weighted by atomic mass is 19.1. The van der Waals surface area contributed by atoms with Gasteiger partial charge in [-0.1, -0.05) is 6.07 Å². The first-order valence-corrected chi connectivity index (χ1v) is 8.17. The Morgan fingerprint density at radius 2 is 1.96 bits per heavy atom. The van der Waals surface area contributed by atoms with E-state index in [4.69, 9.17) is 18.9 Å². The minimum atomic E-state index is -0.803. The van der Waals surface area contributed by atoms with Crippen molar-refractivity contribution in [2.24, 2.45) is 0 Å². The van der Waals surface area contributed by atoms with Gasteiger partial charge in [0.15, 0.2) is 29.7 Å². The van der Waals surface area contributed by atoms with Crippen LogP contribution in [-0.2, 0) is 9.53 Å². The van der Waals surface area contributed by atoms with Gasteiger partial charge in [0, 0.05) is 0 Å². The van der Waals surface area contributed by atoms with E-state index in [9.17, 15) is 14.0 Å². The summed E-state index contributed by atoms with van der Waals surface area (Å²) < 4.78 is 33.9. The summed E-state index contributed by atoms with van der Waals surface area (Å²) in [5.74, 6) is -0.695. The highest BCUT2D eigenvalue weighted by molar-refractivity contribution is 5.91. The van der Waals surface area contributed by atoms with Crippen molar-refractivity contribution in [3.05, 3.63) is 53.3 Å². The minimum Gasteiger partial charge on any atom is -0.494 e. The average Bonchev–Trinajstić information content (AvgIpc) is 3.13. The van der Waals surface area contributed by atoms with E-state index in [2.05, 4.69) is 5.32 Å². The molecule has 27 heavy (non-hydrogen) atoms. The van der Waals surface area contributed by atoms with Crippen LogP contribution in [0.25, 0.3) is 0 Å². The summed E-state index contributed by atoms with van der Waals surface area (Å²) in [5, 5.41) is 2.72. The van der Waals surface area contributed by atoms with Gasteiger partial charge in [-0.05, 0) is 42.8 Å². The van der Waals surface area contributed by atoms with Crippen molar-refractivity contribution >= 4 is 11.9 Å². The summed E-state index contributed by atoms with van der Waals surface area (Å²) >= 11 is 0. The zero-order valence-electron chi connectivity index (χ0n) is 14.8. The van der Waals surface area contributed by atoms with Crippen LogP contribution in [0, 0.1) is 5.82 Å². The molecule has 2 aromatic carbocycles. The number of nitrogens with one attached hydrogen (secondary N) is 1. The normalized spacial score (nSPS) is 13.0. The van der Waals surface area contributed by atoms with Crippen molar-refractivity contribution in [2.75, 3.05) is 20.5 Å². The molecule has 1 aliphatic heterocycles. The van der Waals surface area contributed by atoms with Gasteiger partial charge in [-0.15, -0.1) is 0 Å². The molecule has 8 heteroatoms. The van der Waals surface area contributed by atoms with Crippen molar-refractivity contribution in [2.45, 2.75) is 13.0 Å². The van der Waals surface area contributed by atoms with E-state index in [1.165, 1.54) is 19.2 Å². The number of halogens is 1. The van der Waals surface area contributed by atoms with E-state index in [0.29, 0.717) is 11.5 Å². The predicted octanol–water partition coefficient (Wildman–Crippen LogP) is 2.60. The van der Waals surface area contributed by atoms with E-state index in [-0.39, 0.29) is 24.1 Å². The Bertz CT molecular complexity index is 869. The number of rotatable bonds is 6. The van der Waals surface area contributed by atoms with Crippen LogP contribution in [0.4, 0.5) is 4.39 Å². The van der Waals surface area contributed by atoms with Gasteiger partial charge in [0.05, 0.1) is 18.7 Å². The Hall–Kier alpha value is -3.29. The lowest BCUT2D eigenvalue weighted by atomic mass is 10.1. The third-order valence-electron chi connectivity index (χ3n) is 4.00. The van der Waals surface area contributed by atoms with Crippen LogP contribution in [0.15, 0.2) is 36.4 Å². The summed E-state index contributed by atoms with van der Waals surface area (Å²) in [5.41, 5.74) is 0.807. The second kappa shape index (κ2) is 7.94. The molecule has 0 spiro atoms. The van der Waals surface area contributed by atoms with Crippen molar-refractivity contribution < 1.29 is 32.9 Å². The van der Waals surface area contributed by atoms with Crippen LogP contribution in [0.1, 0.15) is 28.9 Å². The first-order valence-electron chi connectivity index (χ1n) is 8.17. The number of methoxy groups -OCH3 is 1. The molecule has 3 rings (SSSR count). The number of ether oxygens (including phenoxy) is 4. The number of hydrogen-bond acceptors (Lipinski definition) is 6. The van der Waals surface area contributed by atoms with Crippen LogP contribution >= 0.6 is 0 Å². The van der Waals surface area contributed by atoms with Gasteiger partial charge < -0.3 is 24.3 Å². The highest BCUT2D eigenvalue weighted by Crippen LogP contribution is 2.34. The standard InChI is InChI=1S/C19H18FNO6/c1-11(12-3-6-16-17(8-12)27-10-26-16)21-18(22)9-25-19(23)13-4-5-15(24-2)14(20)7-13/h3-8,11H,9-10H2,1-2H3,(H,21,22)/t11-/m1/s1. The fraction of sp³-hybridized carbons (Fsp3) is 0.263. The van der Waals surface area contributed by atoms with Gasteiger partial charge in [-0.25, -0.2) is 9.18 Å². The molecule has 1 heterocycles. The molecule has 0 radical (unpaired) electrons. The third-order valence-corrected chi connectivity index (χ3v) is 4.00. The number of carbonyl (C=O) groups is 2. The van der Waals surface area contributed by atoms with E-state index < -0.39 is 24.3 Å². The SMILES string of the molecule is COc1ccc(C(=O)OCC(=O)N[C@H](C)c2ccc3c(c2)OCO3)cc1F. The quantitative estimate of drug-likeness (QED) is 0.782. The number of fused-ring (bicyclic) bond motifs is 1. The van der Waals surface area contributed by atoms with Crippen molar-refractivity contribution in [1.82, 2.24) is 5.32 Å². The zero-order valence-corrected chi connectivity index (χ0v) is 14.8. The number of carbonyl (C=O) groups excluding carboxylic acids is 2. The Kier molecular flexibility index (Phi) is 5.44. The molecule has 142 valence electrons. The van der Waals surface area contributed by atoms with Crippen LogP contribution in [-0.4, -0.2) is 32.4 Å². The van der Waals surface area contributed by atoms with Crippen LogP contribution in [0.2, 0.25) is 0 Å². The molecule has 0 saturated heterocycles. The second-order valence-electron chi connectivity index (χ2n) is 5.83. The van der Waals surface area contributed by atoms with Crippen LogP contribution < -0.4 is 19.5 Å². The summed E-state index contributed by atoms with van der Waals surface area (Å²) in [7, 11) is 1.32. The van der Waals surface area contributed by atoms with Gasteiger partial charge >= 0.3 is 5.97 Å². The fourth-order valence-corrected chi connectivity index (χ4v) is 2.56. The first kappa shape index (κ1) is 18.5. The molecule has 0 unspecified atom stereocenters. The molecule has 1 N–H and O–H groups in total. The number of benzene rings is 2. The van der Waals surface area contributed by atoms with Gasteiger partial charge in [0.1, 0.15) is 0 Å². The van der Waals surface area contributed by atoms with Gasteiger partial charge in [-0.3, -0.25) is 4.79 Å². The minimum absolute atomic E-state index is 0.00933. The third kappa shape index (κ3) is 4.28. The molecule has 7 nitrogen and oxygen atoms in total. The Labute approximate surface area is 155 Å².